The number of hydrogen-bond acceptors (Lipinski definition) is 1. The number of allylic oxidation sites excluding steroid dienone is 1. The second kappa shape index (κ2) is 2.10. The van der Waals surface area contributed by atoms with E-state index in [0.29, 0.717) is 0 Å². The predicted molar refractivity (Wildman–Crippen MR) is 42.0 cm³/mol. The van der Waals surface area contributed by atoms with Crippen LogP contribution in [0.25, 0.3) is 6.08 Å². The molecule has 0 aliphatic heterocycles. The van der Waals surface area contributed by atoms with E-state index in [9.17, 15) is 0 Å². The Balaban J connectivity index is 2.67. The molecule has 0 aromatic carbocycles. The summed E-state index contributed by atoms with van der Waals surface area (Å²) in [5.41, 5.74) is 2.18. The molecule has 1 aromatic heterocycles. The molecule has 2 heteroatoms. The molecule has 50 valence electrons. The largest absolute Gasteiger partial charge is 0.260 e. The molecule has 1 nitrogen and oxygen atoms in total. The van der Waals surface area contributed by atoms with Crippen LogP contribution < -0.4 is 0 Å². The Morgan fingerprint density at radius 3 is 3.20 bits per heavy atom. The maximum absolute atomic E-state index is 5.88. The van der Waals surface area contributed by atoms with Crippen molar-refractivity contribution in [2.45, 2.75) is 6.42 Å². The minimum absolute atomic E-state index is 0.804. The molecule has 10 heavy (non-hydrogen) atoms. The monoisotopic (exact) mass is 151 g/mol. The Labute approximate surface area is 64.4 Å². The average molecular weight is 152 g/mol. The molecular formula is C8H6ClN. The van der Waals surface area contributed by atoms with E-state index < -0.39 is 0 Å². The Hall–Kier alpha value is -0.820. The van der Waals surface area contributed by atoms with Crippen LogP contribution in [0.2, 0.25) is 5.02 Å². The van der Waals surface area contributed by atoms with Crippen molar-refractivity contribution < 1.29 is 0 Å². The van der Waals surface area contributed by atoms with Gasteiger partial charge in [-0.2, -0.15) is 0 Å². The van der Waals surface area contributed by atoms with Crippen LogP contribution >= 0.6 is 11.6 Å². The molecule has 0 N–H and O–H groups in total. The van der Waals surface area contributed by atoms with Gasteiger partial charge in [0, 0.05) is 18.2 Å². The zero-order chi connectivity index (χ0) is 6.97. The van der Waals surface area contributed by atoms with Crippen molar-refractivity contribution >= 4 is 17.7 Å². The van der Waals surface area contributed by atoms with Crippen molar-refractivity contribution in [2.24, 2.45) is 0 Å². The molecule has 1 aliphatic rings. The van der Waals surface area contributed by atoms with Crippen molar-refractivity contribution in [2.75, 3.05) is 0 Å². The Kier molecular flexibility index (Phi) is 1.24. The van der Waals surface area contributed by atoms with Crippen LogP contribution in [0.3, 0.4) is 0 Å². The summed E-state index contributed by atoms with van der Waals surface area (Å²) in [5.74, 6) is 0. The number of hydrogen-bond donors (Lipinski definition) is 0. The van der Waals surface area contributed by atoms with Crippen LogP contribution in [0.4, 0.5) is 0 Å². The normalized spacial score (nSPS) is 13.7. The Morgan fingerprint density at radius 2 is 2.40 bits per heavy atom. The molecule has 0 spiro atoms. The summed E-state index contributed by atoms with van der Waals surface area (Å²) >= 11 is 5.88. The van der Waals surface area contributed by atoms with E-state index in [2.05, 4.69) is 11.1 Å². The quantitative estimate of drug-likeness (QED) is 0.555. The van der Waals surface area contributed by atoms with Gasteiger partial charge in [-0.3, -0.25) is 4.98 Å². The van der Waals surface area contributed by atoms with Crippen LogP contribution in [0.5, 0.6) is 0 Å². The Bertz CT molecular complexity index is 291. The number of halogens is 1. The zero-order valence-electron chi connectivity index (χ0n) is 5.34. The molecule has 1 aliphatic carbocycles. The van der Waals surface area contributed by atoms with Crippen molar-refractivity contribution in [3.8, 4) is 0 Å². The third kappa shape index (κ3) is 0.745. The fourth-order valence-corrected chi connectivity index (χ4v) is 1.35. The first kappa shape index (κ1) is 5.93. The number of pyridine rings is 1. The maximum atomic E-state index is 5.88. The van der Waals surface area contributed by atoms with Gasteiger partial charge in [0.1, 0.15) is 0 Å². The van der Waals surface area contributed by atoms with E-state index in [0.717, 1.165) is 22.7 Å². The maximum Gasteiger partial charge on any atom is 0.0528 e. The minimum Gasteiger partial charge on any atom is -0.260 e. The fraction of sp³-hybridized carbons (Fsp3) is 0.125. The highest BCUT2D eigenvalue weighted by atomic mass is 35.5. The van der Waals surface area contributed by atoms with Gasteiger partial charge in [0.05, 0.1) is 10.7 Å². The SMILES string of the molecule is Clc1ccnc2c1C=CC2. The van der Waals surface area contributed by atoms with Crippen LogP contribution in [-0.4, -0.2) is 4.98 Å². The molecule has 0 amide bonds. The van der Waals surface area contributed by atoms with Crippen LogP contribution in [0, 0.1) is 0 Å². The van der Waals surface area contributed by atoms with Gasteiger partial charge in [-0.15, -0.1) is 0 Å². The lowest BCUT2D eigenvalue weighted by molar-refractivity contribution is 1.13. The predicted octanol–water partition coefficient (Wildman–Crippen LogP) is 2.30. The molecule has 2 rings (SSSR count). The third-order valence-corrected chi connectivity index (χ3v) is 1.94. The number of fused-ring (bicyclic) bond motifs is 1. The van der Waals surface area contributed by atoms with Gasteiger partial charge < -0.3 is 0 Å². The number of rotatable bonds is 0. The summed E-state index contributed by atoms with van der Waals surface area (Å²) < 4.78 is 0. The highest BCUT2D eigenvalue weighted by Gasteiger charge is 2.07. The Morgan fingerprint density at radius 1 is 1.50 bits per heavy atom. The lowest BCUT2D eigenvalue weighted by atomic mass is 10.2. The van der Waals surface area contributed by atoms with Crippen molar-refractivity contribution in [1.82, 2.24) is 4.98 Å². The van der Waals surface area contributed by atoms with Crippen molar-refractivity contribution in [3.63, 3.8) is 0 Å². The first-order chi connectivity index (χ1) is 4.88. The summed E-state index contributed by atoms with van der Waals surface area (Å²) in [6.45, 7) is 0. The van der Waals surface area contributed by atoms with E-state index in [1.165, 1.54) is 0 Å². The van der Waals surface area contributed by atoms with E-state index in [1.807, 2.05) is 12.1 Å². The van der Waals surface area contributed by atoms with Crippen molar-refractivity contribution in [3.05, 3.63) is 34.6 Å². The molecule has 0 bridgehead atoms. The molecule has 0 fully saturated rings. The van der Waals surface area contributed by atoms with Crippen LogP contribution in [0.1, 0.15) is 11.3 Å². The highest BCUT2D eigenvalue weighted by Crippen LogP contribution is 2.24. The second-order valence-corrected chi connectivity index (χ2v) is 2.67. The van der Waals surface area contributed by atoms with Crippen LogP contribution in [0.15, 0.2) is 18.3 Å². The molecule has 0 unspecified atom stereocenters. The lowest BCUT2D eigenvalue weighted by Gasteiger charge is -1.97. The average Bonchev–Trinajstić information content (AvgIpc) is 2.36. The third-order valence-electron chi connectivity index (χ3n) is 1.62. The zero-order valence-corrected chi connectivity index (χ0v) is 6.10. The van der Waals surface area contributed by atoms with Crippen molar-refractivity contribution in [1.29, 1.82) is 0 Å². The summed E-state index contributed by atoms with van der Waals surface area (Å²) in [6.07, 6.45) is 6.76. The van der Waals surface area contributed by atoms with E-state index >= 15 is 0 Å². The molecule has 0 atom stereocenters. The van der Waals surface area contributed by atoms with Crippen LogP contribution in [-0.2, 0) is 6.42 Å². The van der Waals surface area contributed by atoms with Gasteiger partial charge in [0.15, 0.2) is 0 Å². The standard InChI is InChI=1S/C8H6ClN/c9-7-4-5-10-8-3-1-2-6(7)8/h1-2,4-5H,3H2. The highest BCUT2D eigenvalue weighted by molar-refractivity contribution is 6.32. The lowest BCUT2D eigenvalue weighted by Crippen LogP contribution is -1.86. The molecule has 1 aromatic rings. The molecule has 0 saturated heterocycles. The molecular weight excluding hydrogens is 146 g/mol. The van der Waals surface area contributed by atoms with Gasteiger partial charge in [0.25, 0.3) is 0 Å². The van der Waals surface area contributed by atoms with Gasteiger partial charge in [0.2, 0.25) is 0 Å². The summed E-state index contributed by atoms with van der Waals surface area (Å²) in [5, 5.41) is 0.804. The van der Waals surface area contributed by atoms with Gasteiger partial charge in [-0.25, -0.2) is 0 Å². The topological polar surface area (TPSA) is 12.9 Å². The van der Waals surface area contributed by atoms with E-state index in [-0.39, 0.29) is 0 Å². The first-order valence-electron chi connectivity index (χ1n) is 3.18. The van der Waals surface area contributed by atoms with Gasteiger partial charge >= 0.3 is 0 Å². The number of aromatic nitrogens is 1. The second-order valence-electron chi connectivity index (χ2n) is 2.26. The van der Waals surface area contributed by atoms with Gasteiger partial charge in [-0.1, -0.05) is 23.8 Å². The molecule has 0 radical (unpaired) electrons. The molecule has 1 heterocycles. The van der Waals surface area contributed by atoms with E-state index in [1.54, 1.807) is 6.20 Å². The summed E-state index contributed by atoms with van der Waals surface area (Å²) in [4.78, 5) is 4.17. The summed E-state index contributed by atoms with van der Waals surface area (Å²) in [6, 6.07) is 1.82. The fourth-order valence-electron chi connectivity index (χ4n) is 1.12. The first-order valence-corrected chi connectivity index (χ1v) is 3.55. The van der Waals surface area contributed by atoms with Gasteiger partial charge in [-0.05, 0) is 6.07 Å². The summed E-state index contributed by atoms with van der Waals surface area (Å²) in [7, 11) is 0. The number of nitrogens with zero attached hydrogens (tertiary/aromatic N) is 1. The molecule has 0 saturated carbocycles. The van der Waals surface area contributed by atoms with E-state index in [4.69, 9.17) is 11.6 Å². The minimum atomic E-state index is 0.804. The smallest absolute Gasteiger partial charge is 0.0528 e.